The molecule has 1 atom stereocenters. The van der Waals surface area contributed by atoms with Crippen LogP contribution in [0.3, 0.4) is 0 Å². The topological polar surface area (TPSA) is 64.6 Å². The molecule has 8 heteroatoms. The maximum Gasteiger partial charge on any atom is 0.310 e. The number of carbonyl (C=O) groups is 2. The second-order valence-corrected chi connectivity index (χ2v) is 10.3. The van der Waals surface area contributed by atoms with E-state index in [-0.39, 0.29) is 0 Å². The molecule has 0 aromatic heterocycles. The number of carbonyl (C=O) groups excluding carboxylic acids is 2. The van der Waals surface area contributed by atoms with E-state index < -0.39 is 23.9 Å². The molecular formula is C27H26Br2ClNO4. The second-order valence-electron chi connectivity index (χ2n) is 8.16. The van der Waals surface area contributed by atoms with Crippen molar-refractivity contribution in [2.24, 2.45) is 5.92 Å². The largest absolute Gasteiger partial charge is 0.495 e. The SMILES string of the molecule is COc1cc(Cl)c(C)cc1NC(=O)C(C)OC(=O)C(Cc1ccccc1Br)Cc1ccccc1Br. The lowest BCUT2D eigenvalue weighted by Crippen LogP contribution is -2.33. The van der Waals surface area contributed by atoms with Crippen LogP contribution < -0.4 is 10.1 Å². The fourth-order valence-electron chi connectivity index (χ4n) is 3.59. The molecule has 35 heavy (non-hydrogen) atoms. The van der Waals surface area contributed by atoms with Crippen molar-refractivity contribution in [3.63, 3.8) is 0 Å². The molecule has 3 rings (SSSR count). The second kappa shape index (κ2) is 12.6. The van der Waals surface area contributed by atoms with Crippen LogP contribution in [0.5, 0.6) is 5.75 Å². The van der Waals surface area contributed by atoms with E-state index in [1.165, 1.54) is 7.11 Å². The number of anilines is 1. The third-order valence-electron chi connectivity index (χ3n) is 5.58. The molecular weight excluding hydrogens is 598 g/mol. The number of ether oxygens (including phenoxy) is 2. The highest BCUT2D eigenvalue weighted by molar-refractivity contribution is 9.10. The van der Waals surface area contributed by atoms with Gasteiger partial charge in [0.1, 0.15) is 5.75 Å². The van der Waals surface area contributed by atoms with E-state index in [1.807, 2.05) is 55.5 Å². The minimum Gasteiger partial charge on any atom is -0.495 e. The van der Waals surface area contributed by atoms with Crippen LogP contribution in [0.2, 0.25) is 5.02 Å². The molecule has 0 bridgehead atoms. The Hall–Kier alpha value is -2.35. The third kappa shape index (κ3) is 7.32. The van der Waals surface area contributed by atoms with Gasteiger partial charge in [0.05, 0.1) is 18.7 Å². The molecule has 5 nitrogen and oxygen atoms in total. The van der Waals surface area contributed by atoms with E-state index in [0.29, 0.717) is 29.3 Å². The summed E-state index contributed by atoms with van der Waals surface area (Å²) in [4.78, 5) is 26.2. The van der Waals surface area contributed by atoms with Crippen LogP contribution in [-0.2, 0) is 27.2 Å². The van der Waals surface area contributed by atoms with Crippen molar-refractivity contribution in [3.05, 3.63) is 91.3 Å². The molecule has 0 aliphatic rings. The van der Waals surface area contributed by atoms with Gasteiger partial charge < -0.3 is 14.8 Å². The number of aryl methyl sites for hydroxylation is 1. The number of nitrogens with one attached hydrogen (secondary N) is 1. The molecule has 3 aromatic rings. The van der Waals surface area contributed by atoms with Crippen LogP contribution >= 0.6 is 43.5 Å². The number of methoxy groups -OCH3 is 1. The quantitative estimate of drug-likeness (QED) is 0.257. The Morgan fingerprint density at radius 2 is 1.51 bits per heavy atom. The maximum absolute atomic E-state index is 13.3. The zero-order valence-corrected chi connectivity index (χ0v) is 23.5. The number of esters is 1. The Morgan fingerprint density at radius 3 is 2.03 bits per heavy atom. The minimum atomic E-state index is -1.01. The third-order valence-corrected chi connectivity index (χ3v) is 7.54. The molecule has 0 aliphatic heterocycles. The van der Waals surface area contributed by atoms with Gasteiger partial charge in [0.25, 0.3) is 5.91 Å². The fourth-order valence-corrected chi connectivity index (χ4v) is 4.63. The van der Waals surface area contributed by atoms with E-state index in [2.05, 4.69) is 37.2 Å². The van der Waals surface area contributed by atoms with Crippen LogP contribution in [0.4, 0.5) is 5.69 Å². The van der Waals surface area contributed by atoms with Crippen molar-refractivity contribution in [1.82, 2.24) is 0 Å². The molecule has 0 spiro atoms. The molecule has 1 amide bonds. The van der Waals surface area contributed by atoms with Gasteiger partial charge in [0, 0.05) is 20.0 Å². The molecule has 1 unspecified atom stereocenters. The molecule has 0 aliphatic carbocycles. The molecule has 0 fully saturated rings. The molecule has 184 valence electrons. The summed E-state index contributed by atoms with van der Waals surface area (Å²) in [5.74, 6) is -0.972. The van der Waals surface area contributed by atoms with Gasteiger partial charge in [-0.2, -0.15) is 0 Å². The summed E-state index contributed by atoms with van der Waals surface area (Å²) in [6.45, 7) is 3.38. The molecule has 0 saturated carbocycles. The van der Waals surface area contributed by atoms with Crippen molar-refractivity contribution < 1.29 is 19.1 Å². The smallest absolute Gasteiger partial charge is 0.310 e. The molecule has 0 saturated heterocycles. The highest BCUT2D eigenvalue weighted by Crippen LogP contribution is 2.31. The van der Waals surface area contributed by atoms with Crippen molar-refractivity contribution >= 4 is 61.0 Å². The lowest BCUT2D eigenvalue weighted by molar-refractivity contribution is -0.157. The van der Waals surface area contributed by atoms with Crippen LogP contribution in [0.15, 0.2) is 69.6 Å². The van der Waals surface area contributed by atoms with E-state index in [1.54, 1.807) is 19.1 Å². The summed E-state index contributed by atoms with van der Waals surface area (Å²) < 4.78 is 12.8. The summed E-state index contributed by atoms with van der Waals surface area (Å²) in [6, 6.07) is 18.9. The van der Waals surface area contributed by atoms with Crippen LogP contribution in [-0.4, -0.2) is 25.1 Å². The number of benzene rings is 3. The van der Waals surface area contributed by atoms with E-state index in [4.69, 9.17) is 21.1 Å². The van der Waals surface area contributed by atoms with Crippen molar-refractivity contribution in [2.45, 2.75) is 32.8 Å². The lowest BCUT2D eigenvalue weighted by atomic mass is 9.92. The van der Waals surface area contributed by atoms with Crippen molar-refractivity contribution in [3.8, 4) is 5.75 Å². The standard InChI is InChI=1S/C27H26Br2ClNO4/c1-16-12-24(25(34-3)15-23(16)30)31-26(32)17(2)35-27(33)20(13-18-8-4-6-10-21(18)28)14-19-9-5-7-11-22(19)29/h4-12,15,17,20H,13-14H2,1-3H3,(H,31,32). The van der Waals surface area contributed by atoms with E-state index in [0.717, 1.165) is 25.6 Å². The normalized spacial score (nSPS) is 11.7. The number of amides is 1. The minimum absolute atomic E-state index is 0.424. The number of hydrogen-bond acceptors (Lipinski definition) is 4. The maximum atomic E-state index is 13.3. The first-order valence-corrected chi connectivity index (χ1v) is 13.0. The zero-order chi connectivity index (χ0) is 25.5. The van der Waals surface area contributed by atoms with Gasteiger partial charge in [-0.15, -0.1) is 0 Å². The van der Waals surface area contributed by atoms with Gasteiger partial charge in [-0.1, -0.05) is 79.9 Å². The number of halogens is 3. The van der Waals surface area contributed by atoms with Crippen molar-refractivity contribution in [2.75, 3.05) is 12.4 Å². The van der Waals surface area contributed by atoms with Gasteiger partial charge >= 0.3 is 5.97 Å². The Labute approximate surface area is 227 Å². The van der Waals surface area contributed by atoms with Crippen molar-refractivity contribution in [1.29, 1.82) is 0 Å². The van der Waals surface area contributed by atoms with Crippen LogP contribution in [0, 0.1) is 12.8 Å². The van der Waals surface area contributed by atoms with E-state index >= 15 is 0 Å². The number of rotatable bonds is 9. The lowest BCUT2D eigenvalue weighted by Gasteiger charge is -2.21. The molecule has 1 N–H and O–H groups in total. The Bertz CT molecular complexity index is 1170. The average molecular weight is 624 g/mol. The molecule has 0 radical (unpaired) electrons. The monoisotopic (exact) mass is 621 g/mol. The average Bonchev–Trinajstić information content (AvgIpc) is 2.83. The van der Waals surface area contributed by atoms with Gasteiger partial charge in [0.15, 0.2) is 6.10 Å². The molecule has 0 heterocycles. The first-order valence-electron chi connectivity index (χ1n) is 11.0. The van der Waals surface area contributed by atoms with E-state index in [9.17, 15) is 9.59 Å². The van der Waals surface area contributed by atoms with Gasteiger partial charge in [-0.25, -0.2) is 0 Å². The zero-order valence-electron chi connectivity index (χ0n) is 19.6. The summed E-state index contributed by atoms with van der Waals surface area (Å²) in [7, 11) is 1.49. The first-order chi connectivity index (χ1) is 16.7. The fraction of sp³-hybridized carbons (Fsp3) is 0.259. The Kier molecular flexibility index (Phi) is 9.78. The Balaban J connectivity index is 1.77. The predicted octanol–water partition coefficient (Wildman–Crippen LogP) is 7.15. The Morgan fingerprint density at radius 1 is 0.971 bits per heavy atom. The van der Waals surface area contributed by atoms with Crippen LogP contribution in [0.1, 0.15) is 23.6 Å². The summed E-state index contributed by atoms with van der Waals surface area (Å²) >= 11 is 13.3. The van der Waals surface area contributed by atoms with Crippen LogP contribution in [0.25, 0.3) is 0 Å². The summed E-state index contributed by atoms with van der Waals surface area (Å²) in [6.07, 6.45) is -0.0931. The predicted molar refractivity (Wildman–Crippen MR) is 146 cm³/mol. The first kappa shape index (κ1) is 27.2. The molecule has 3 aromatic carbocycles. The number of hydrogen-bond donors (Lipinski definition) is 1. The summed E-state index contributed by atoms with van der Waals surface area (Å²) in [5.41, 5.74) is 3.22. The highest BCUT2D eigenvalue weighted by Gasteiger charge is 2.27. The highest BCUT2D eigenvalue weighted by atomic mass is 79.9. The van der Waals surface area contributed by atoms with Gasteiger partial charge in [-0.3, -0.25) is 9.59 Å². The van der Waals surface area contributed by atoms with Gasteiger partial charge in [-0.05, 0) is 61.6 Å². The summed E-state index contributed by atoms with van der Waals surface area (Å²) in [5, 5.41) is 3.31. The van der Waals surface area contributed by atoms with Gasteiger partial charge in [0.2, 0.25) is 0 Å².